The van der Waals surface area contributed by atoms with Crippen molar-refractivity contribution in [1.82, 2.24) is 10.3 Å². The van der Waals surface area contributed by atoms with Gasteiger partial charge in [0.15, 0.2) is 0 Å². The number of aromatic nitrogens is 1. The van der Waals surface area contributed by atoms with Gasteiger partial charge in [0, 0.05) is 25.8 Å². The van der Waals surface area contributed by atoms with Crippen molar-refractivity contribution in [2.24, 2.45) is 5.92 Å². The van der Waals surface area contributed by atoms with E-state index in [1.807, 2.05) is 13.2 Å². The SMILES string of the molecule is CCC(CC)CN(CC)c1cc(CNC)ccn1. The summed E-state index contributed by atoms with van der Waals surface area (Å²) in [6.07, 6.45) is 4.39. The fraction of sp³-hybridized carbons (Fsp3) is 0.667. The Morgan fingerprint density at radius 2 is 2.00 bits per heavy atom. The maximum Gasteiger partial charge on any atom is 0.128 e. The van der Waals surface area contributed by atoms with Crippen LogP contribution in [0, 0.1) is 5.92 Å². The van der Waals surface area contributed by atoms with Gasteiger partial charge in [-0.05, 0) is 37.6 Å². The molecule has 0 fully saturated rings. The average Bonchev–Trinajstić information content (AvgIpc) is 2.41. The summed E-state index contributed by atoms with van der Waals surface area (Å²) < 4.78 is 0. The molecule has 1 N–H and O–H groups in total. The van der Waals surface area contributed by atoms with Crippen molar-refractivity contribution in [1.29, 1.82) is 0 Å². The highest BCUT2D eigenvalue weighted by Crippen LogP contribution is 2.17. The predicted octanol–water partition coefficient (Wildman–Crippen LogP) is 3.06. The highest BCUT2D eigenvalue weighted by Gasteiger charge is 2.11. The third kappa shape index (κ3) is 4.30. The van der Waals surface area contributed by atoms with Gasteiger partial charge >= 0.3 is 0 Å². The minimum atomic E-state index is 0.764. The van der Waals surface area contributed by atoms with Gasteiger partial charge in [0.1, 0.15) is 5.82 Å². The van der Waals surface area contributed by atoms with Crippen LogP contribution in [0.25, 0.3) is 0 Å². The van der Waals surface area contributed by atoms with Gasteiger partial charge in [-0.25, -0.2) is 4.98 Å². The van der Waals surface area contributed by atoms with E-state index in [2.05, 4.69) is 48.1 Å². The first-order valence-corrected chi connectivity index (χ1v) is 7.09. The summed E-state index contributed by atoms with van der Waals surface area (Å²) in [6, 6.07) is 4.27. The number of anilines is 1. The second-order valence-electron chi connectivity index (χ2n) is 4.77. The second-order valence-corrected chi connectivity index (χ2v) is 4.77. The third-order valence-corrected chi connectivity index (χ3v) is 3.53. The molecule has 0 aliphatic rings. The van der Waals surface area contributed by atoms with Gasteiger partial charge in [-0.3, -0.25) is 0 Å². The van der Waals surface area contributed by atoms with Crippen LogP contribution < -0.4 is 10.2 Å². The van der Waals surface area contributed by atoms with E-state index < -0.39 is 0 Å². The molecule has 102 valence electrons. The molecule has 3 heteroatoms. The third-order valence-electron chi connectivity index (χ3n) is 3.53. The number of rotatable bonds is 8. The van der Waals surface area contributed by atoms with Gasteiger partial charge in [-0.1, -0.05) is 26.7 Å². The van der Waals surface area contributed by atoms with Crippen LogP contribution in [0.4, 0.5) is 5.82 Å². The van der Waals surface area contributed by atoms with Crippen LogP contribution in [-0.2, 0) is 6.54 Å². The first-order valence-electron chi connectivity index (χ1n) is 7.09. The van der Waals surface area contributed by atoms with Crippen molar-refractivity contribution in [3.05, 3.63) is 23.9 Å². The maximum atomic E-state index is 4.51. The molecule has 3 nitrogen and oxygen atoms in total. The highest BCUT2D eigenvalue weighted by molar-refractivity contribution is 5.40. The first-order chi connectivity index (χ1) is 8.74. The molecule has 1 rings (SSSR count). The van der Waals surface area contributed by atoms with Gasteiger partial charge < -0.3 is 10.2 Å². The molecular formula is C15H27N3. The van der Waals surface area contributed by atoms with Crippen LogP contribution in [0.3, 0.4) is 0 Å². The predicted molar refractivity (Wildman–Crippen MR) is 79.0 cm³/mol. The van der Waals surface area contributed by atoms with E-state index in [1.54, 1.807) is 0 Å². The molecule has 0 aliphatic heterocycles. The van der Waals surface area contributed by atoms with E-state index in [0.717, 1.165) is 31.4 Å². The lowest BCUT2D eigenvalue weighted by molar-refractivity contribution is 0.484. The van der Waals surface area contributed by atoms with Crippen molar-refractivity contribution in [3.8, 4) is 0 Å². The number of nitrogens with one attached hydrogen (secondary N) is 1. The van der Waals surface area contributed by atoms with Gasteiger partial charge in [0.25, 0.3) is 0 Å². The fourth-order valence-electron chi connectivity index (χ4n) is 2.19. The molecule has 0 unspecified atom stereocenters. The Kier molecular flexibility index (Phi) is 6.73. The number of hydrogen-bond acceptors (Lipinski definition) is 3. The summed E-state index contributed by atoms with van der Waals surface area (Å²) in [5.74, 6) is 1.87. The van der Waals surface area contributed by atoms with E-state index in [-0.39, 0.29) is 0 Å². The molecule has 0 spiro atoms. The molecule has 0 bridgehead atoms. The zero-order valence-electron chi connectivity index (χ0n) is 12.2. The zero-order chi connectivity index (χ0) is 13.4. The lowest BCUT2D eigenvalue weighted by Gasteiger charge is -2.26. The lowest BCUT2D eigenvalue weighted by atomic mass is 10.0. The number of nitrogens with zero attached hydrogens (tertiary/aromatic N) is 2. The monoisotopic (exact) mass is 249 g/mol. The first kappa shape index (κ1) is 15.0. The normalized spacial score (nSPS) is 10.9. The Bertz CT molecular complexity index is 334. The minimum Gasteiger partial charge on any atom is -0.357 e. The Balaban J connectivity index is 2.77. The van der Waals surface area contributed by atoms with Crippen LogP contribution in [0.5, 0.6) is 0 Å². The van der Waals surface area contributed by atoms with E-state index in [4.69, 9.17) is 0 Å². The molecule has 1 aromatic rings. The standard InChI is InChI=1S/C15H27N3/c1-5-13(6-2)12-18(7-3)15-10-14(11-16-4)8-9-17-15/h8-10,13,16H,5-7,11-12H2,1-4H3. The van der Waals surface area contributed by atoms with Gasteiger partial charge in [0.2, 0.25) is 0 Å². The van der Waals surface area contributed by atoms with Gasteiger partial charge in [-0.2, -0.15) is 0 Å². The topological polar surface area (TPSA) is 28.2 Å². The average molecular weight is 249 g/mol. The highest BCUT2D eigenvalue weighted by atomic mass is 15.2. The van der Waals surface area contributed by atoms with E-state index in [1.165, 1.54) is 18.4 Å². The second kappa shape index (κ2) is 8.09. The summed E-state index contributed by atoms with van der Waals surface area (Å²) in [4.78, 5) is 6.90. The summed E-state index contributed by atoms with van der Waals surface area (Å²) in [6.45, 7) is 9.78. The lowest BCUT2D eigenvalue weighted by Crippen LogP contribution is -2.29. The van der Waals surface area contributed by atoms with Gasteiger partial charge in [-0.15, -0.1) is 0 Å². The Morgan fingerprint density at radius 1 is 1.28 bits per heavy atom. The largest absolute Gasteiger partial charge is 0.357 e. The van der Waals surface area contributed by atoms with Crippen LogP contribution in [-0.4, -0.2) is 25.1 Å². The molecule has 0 amide bonds. The fourth-order valence-corrected chi connectivity index (χ4v) is 2.19. The van der Waals surface area contributed by atoms with E-state index >= 15 is 0 Å². The zero-order valence-corrected chi connectivity index (χ0v) is 12.2. The van der Waals surface area contributed by atoms with Crippen LogP contribution in [0.2, 0.25) is 0 Å². The summed E-state index contributed by atoms with van der Waals surface area (Å²) in [5, 5.41) is 3.18. The van der Waals surface area contributed by atoms with Crippen molar-refractivity contribution < 1.29 is 0 Å². The van der Waals surface area contributed by atoms with E-state index in [0.29, 0.717) is 0 Å². The van der Waals surface area contributed by atoms with E-state index in [9.17, 15) is 0 Å². The van der Waals surface area contributed by atoms with Crippen molar-refractivity contribution in [3.63, 3.8) is 0 Å². The van der Waals surface area contributed by atoms with Crippen molar-refractivity contribution >= 4 is 5.82 Å². The molecule has 0 saturated heterocycles. The van der Waals surface area contributed by atoms with Gasteiger partial charge in [0.05, 0.1) is 0 Å². The van der Waals surface area contributed by atoms with Crippen molar-refractivity contribution in [2.75, 3.05) is 25.0 Å². The molecule has 18 heavy (non-hydrogen) atoms. The summed E-state index contributed by atoms with van der Waals surface area (Å²) in [7, 11) is 1.97. The minimum absolute atomic E-state index is 0.764. The molecular weight excluding hydrogens is 222 g/mol. The molecule has 0 saturated carbocycles. The molecule has 0 radical (unpaired) electrons. The molecule has 0 aliphatic carbocycles. The van der Waals surface area contributed by atoms with Crippen LogP contribution in [0.15, 0.2) is 18.3 Å². The Hall–Kier alpha value is -1.09. The molecule has 0 atom stereocenters. The Morgan fingerprint density at radius 3 is 2.56 bits per heavy atom. The smallest absolute Gasteiger partial charge is 0.128 e. The Labute approximate surface area is 112 Å². The van der Waals surface area contributed by atoms with Crippen LogP contribution >= 0.6 is 0 Å². The molecule has 0 aromatic carbocycles. The number of pyridine rings is 1. The quantitative estimate of drug-likeness (QED) is 0.767. The van der Waals surface area contributed by atoms with Crippen LogP contribution in [0.1, 0.15) is 39.2 Å². The molecule has 1 heterocycles. The molecule has 1 aromatic heterocycles. The summed E-state index contributed by atoms with van der Waals surface area (Å²) in [5.41, 5.74) is 1.30. The maximum absolute atomic E-state index is 4.51. The number of hydrogen-bond donors (Lipinski definition) is 1. The van der Waals surface area contributed by atoms with Crippen molar-refractivity contribution in [2.45, 2.75) is 40.2 Å². The summed E-state index contributed by atoms with van der Waals surface area (Å²) >= 11 is 0.